The van der Waals surface area contributed by atoms with Gasteiger partial charge in [-0.3, -0.25) is 4.79 Å². The maximum absolute atomic E-state index is 12.7. The largest absolute Gasteiger partial charge is 0.480 e. The normalized spacial score (nSPS) is 24.1. The molecule has 1 N–H and O–H groups in total. The Morgan fingerprint density at radius 1 is 1.50 bits per heavy atom. The van der Waals surface area contributed by atoms with Crippen LogP contribution in [-0.2, 0) is 21.9 Å². The molecule has 1 aromatic heterocycles. The van der Waals surface area contributed by atoms with Gasteiger partial charge in [0, 0.05) is 26.0 Å². The van der Waals surface area contributed by atoms with E-state index in [2.05, 4.69) is 0 Å². The van der Waals surface area contributed by atoms with Gasteiger partial charge in [0.05, 0.1) is 4.90 Å². The number of nitrogens with zero attached hydrogens (tertiary/aromatic N) is 2. The highest BCUT2D eigenvalue weighted by Crippen LogP contribution is 2.38. The molecule has 1 atom stereocenters. The van der Waals surface area contributed by atoms with E-state index in [0.717, 1.165) is 0 Å². The zero-order valence-corrected chi connectivity index (χ0v) is 12.6. The second kappa shape index (κ2) is 5.21. The van der Waals surface area contributed by atoms with Gasteiger partial charge in [0.25, 0.3) is 0 Å². The van der Waals surface area contributed by atoms with Crippen molar-refractivity contribution in [3.05, 3.63) is 18.5 Å². The van der Waals surface area contributed by atoms with Gasteiger partial charge in [-0.05, 0) is 25.3 Å². The molecule has 1 saturated heterocycles. The second-order valence-electron chi connectivity index (χ2n) is 5.28. The Morgan fingerprint density at radius 2 is 2.20 bits per heavy atom. The van der Waals surface area contributed by atoms with Gasteiger partial charge in [0.2, 0.25) is 10.0 Å². The highest BCUT2D eigenvalue weighted by Gasteiger charge is 2.52. The maximum Gasteiger partial charge on any atom is 0.325 e. The van der Waals surface area contributed by atoms with Gasteiger partial charge in [0.1, 0.15) is 5.54 Å². The van der Waals surface area contributed by atoms with E-state index in [1.807, 2.05) is 6.92 Å². The summed E-state index contributed by atoms with van der Waals surface area (Å²) in [5.41, 5.74) is -1.29. The molecule has 1 aromatic rings. The number of rotatable bonds is 5. The Bertz CT molecular complexity index is 608. The number of aryl methyl sites for hydroxylation is 1. The van der Waals surface area contributed by atoms with Gasteiger partial charge in [0.15, 0.2) is 0 Å². The van der Waals surface area contributed by atoms with Crippen LogP contribution in [0.2, 0.25) is 0 Å². The fraction of sp³-hybridized carbons (Fsp3) is 0.615. The Kier molecular flexibility index (Phi) is 3.93. The summed E-state index contributed by atoms with van der Waals surface area (Å²) in [5, 5.41) is 9.57. The minimum absolute atomic E-state index is 0.156. The molecule has 1 fully saturated rings. The summed E-state index contributed by atoms with van der Waals surface area (Å²) in [4.78, 5) is 11.9. The van der Waals surface area contributed by atoms with E-state index in [1.54, 1.807) is 17.8 Å². The average Bonchev–Trinajstić information content (AvgIpc) is 2.97. The minimum Gasteiger partial charge on any atom is -0.480 e. The standard InChI is InChI=1S/C13H20N2O4S/c1-3-6-13(12(16)17)7-4-8-15(13)20(18,19)11-5-9-14(2)10-11/h5,9-10H,3-4,6-8H2,1-2H3,(H,16,17). The number of carbonyl (C=O) groups is 1. The smallest absolute Gasteiger partial charge is 0.325 e. The van der Waals surface area contributed by atoms with Crippen LogP contribution in [0.15, 0.2) is 23.4 Å². The van der Waals surface area contributed by atoms with E-state index >= 15 is 0 Å². The molecule has 0 radical (unpaired) electrons. The van der Waals surface area contributed by atoms with Gasteiger partial charge < -0.3 is 9.67 Å². The summed E-state index contributed by atoms with van der Waals surface area (Å²) in [7, 11) is -2.03. The van der Waals surface area contributed by atoms with E-state index in [0.29, 0.717) is 25.7 Å². The summed E-state index contributed by atoms with van der Waals surface area (Å²) >= 11 is 0. The molecule has 20 heavy (non-hydrogen) atoms. The molecule has 112 valence electrons. The van der Waals surface area contributed by atoms with E-state index in [-0.39, 0.29) is 11.4 Å². The fourth-order valence-corrected chi connectivity index (χ4v) is 4.82. The van der Waals surface area contributed by atoms with Crippen LogP contribution in [-0.4, -0.2) is 40.4 Å². The third-order valence-electron chi connectivity index (χ3n) is 3.88. The van der Waals surface area contributed by atoms with Crippen molar-refractivity contribution < 1.29 is 18.3 Å². The van der Waals surface area contributed by atoms with Gasteiger partial charge in [-0.25, -0.2) is 8.42 Å². The first-order valence-corrected chi connectivity index (χ1v) is 8.17. The molecule has 1 aliphatic heterocycles. The number of aromatic nitrogens is 1. The van der Waals surface area contributed by atoms with E-state index in [1.165, 1.54) is 16.6 Å². The third kappa shape index (κ3) is 2.25. The van der Waals surface area contributed by atoms with Gasteiger partial charge in [-0.15, -0.1) is 0 Å². The number of hydrogen-bond acceptors (Lipinski definition) is 3. The highest BCUT2D eigenvalue weighted by molar-refractivity contribution is 7.89. The van der Waals surface area contributed by atoms with Crippen molar-refractivity contribution >= 4 is 16.0 Å². The molecule has 0 spiro atoms. The van der Waals surface area contributed by atoms with Crippen molar-refractivity contribution in [1.29, 1.82) is 0 Å². The molecule has 2 heterocycles. The number of aliphatic carboxylic acids is 1. The lowest BCUT2D eigenvalue weighted by molar-refractivity contribution is -0.147. The van der Waals surface area contributed by atoms with Crippen molar-refractivity contribution in [1.82, 2.24) is 8.87 Å². The first-order chi connectivity index (χ1) is 9.34. The molecule has 7 heteroatoms. The summed E-state index contributed by atoms with van der Waals surface area (Å²) in [6.45, 7) is 2.14. The van der Waals surface area contributed by atoms with Gasteiger partial charge in [-0.2, -0.15) is 4.31 Å². The zero-order valence-electron chi connectivity index (χ0n) is 11.7. The molecule has 2 rings (SSSR count). The molecule has 0 aromatic carbocycles. The van der Waals surface area contributed by atoms with Crippen LogP contribution in [0.1, 0.15) is 32.6 Å². The van der Waals surface area contributed by atoms with Crippen LogP contribution in [0.4, 0.5) is 0 Å². The monoisotopic (exact) mass is 300 g/mol. The van der Waals surface area contributed by atoms with E-state index in [4.69, 9.17) is 0 Å². The molecular formula is C13H20N2O4S. The van der Waals surface area contributed by atoms with Gasteiger partial charge >= 0.3 is 5.97 Å². The summed E-state index contributed by atoms with van der Waals surface area (Å²) in [6, 6.07) is 1.51. The average molecular weight is 300 g/mol. The Morgan fingerprint density at radius 3 is 2.70 bits per heavy atom. The second-order valence-corrected chi connectivity index (χ2v) is 7.14. The van der Waals surface area contributed by atoms with E-state index in [9.17, 15) is 18.3 Å². The first-order valence-electron chi connectivity index (χ1n) is 6.73. The van der Waals surface area contributed by atoms with Crippen molar-refractivity contribution in [2.45, 2.75) is 43.0 Å². The van der Waals surface area contributed by atoms with Crippen LogP contribution < -0.4 is 0 Å². The molecule has 1 aliphatic rings. The Balaban J connectivity index is 2.46. The topological polar surface area (TPSA) is 79.6 Å². The molecule has 0 bridgehead atoms. The fourth-order valence-electron chi connectivity index (χ4n) is 2.95. The van der Waals surface area contributed by atoms with Crippen LogP contribution in [0.25, 0.3) is 0 Å². The zero-order chi connectivity index (χ0) is 15.0. The Hall–Kier alpha value is -1.34. The lowest BCUT2D eigenvalue weighted by Gasteiger charge is -2.33. The van der Waals surface area contributed by atoms with Crippen molar-refractivity contribution in [2.24, 2.45) is 7.05 Å². The van der Waals surface area contributed by atoms with Crippen molar-refractivity contribution in [3.63, 3.8) is 0 Å². The molecular weight excluding hydrogens is 280 g/mol. The highest BCUT2D eigenvalue weighted by atomic mass is 32.2. The molecule has 1 unspecified atom stereocenters. The predicted octanol–water partition coefficient (Wildman–Crippen LogP) is 1.43. The minimum atomic E-state index is -3.76. The molecule has 0 amide bonds. The van der Waals surface area contributed by atoms with Crippen molar-refractivity contribution in [3.8, 4) is 0 Å². The Labute approximate surface area is 119 Å². The number of hydrogen-bond donors (Lipinski definition) is 1. The van der Waals surface area contributed by atoms with Crippen LogP contribution >= 0.6 is 0 Å². The molecule has 6 nitrogen and oxygen atoms in total. The molecule has 0 saturated carbocycles. The summed E-state index contributed by atoms with van der Waals surface area (Å²) in [6.07, 6.45) is 5.08. The van der Waals surface area contributed by atoms with Crippen molar-refractivity contribution in [2.75, 3.05) is 6.54 Å². The van der Waals surface area contributed by atoms with Crippen LogP contribution in [0.5, 0.6) is 0 Å². The van der Waals surface area contributed by atoms with E-state index < -0.39 is 21.5 Å². The van der Waals surface area contributed by atoms with Gasteiger partial charge in [-0.1, -0.05) is 13.3 Å². The molecule has 0 aliphatic carbocycles. The van der Waals surface area contributed by atoms with Crippen LogP contribution in [0, 0.1) is 0 Å². The lowest BCUT2D eigenvalue weighted by Crippen LogP contribution is -2.52. The number of carboxylic acids is 1. The SMILES string of the molecule is CCCC1(C(=O)O)CCCN1S(=O)(=O)c1ccn(C)c1. The quantitative estimate of drug-likeness (QED) is 0.892. The lowest BCUT2D eigenvalue weighted by atomic mass is 9.92. The van der Waals surface area contributed by atoms with Crippen LogP contribution in [0.3, 0.4) is 0 Å². The third-order valence-corrected chi connectivity index (χ3v) is 5.83. The summed E-state index contributed by atoms with van der Waals surface area (Å²) < 4.78 is 28.2. The summed E-state index contributed by atoms with van der Waals surface area (Å²) in [5.74, 6) is -1.05. The maximum atomic E-state index is 12.7. The predicted molar refractivity (Wildman–Crippen MR) is 73.8 cm³/mol. The number of carboxylic acid groups (broad SMARTS) is 1. The number of sulfonamides is 1. The first kappa shape index (κ1) is 15.1.